The predicted molar refractivity (Wildman–Crippen MR) is 136 cm³/mol. The number of benzene rings is 1. The van der Waals surface area contributed by atoms with Gasteiger partial charge in [0.2, 0.25) is 10.0 Å². The van der Waals surface area contributed by atoms with Gasteiger partial charge in [-0.15, -0.1) is 0 Å². The summed E-state index contributed by atoms with van der Waals surface area (Å²) in [4.78, 5) is 2.63. The summed E-state index contributed by atoms with van der Waals surface area (Å²) in [5.41, 5.74) is 1.36. The molecule has 1 heterocycles. The molecule has 2 fully saturated rings. The summed E-state index contributed by atoms with van der Waals surface area (Å²) in [7, 11) is -3.07. The average molecular weight is 530 g/mol. The number of ether oxygens (including phenoxy) is 1. The zero-order valence-electron chi connectivity index (χ0n) is 20.0. The highest BCUT2D eigenvalue weighted by Gasteiger charge is 2.25. The first-order chi connectivity index (χ1) is 15.2. The predicted octanol–water partition coefficient (Wildman–Crippen LogP) is 5.38. The molecular formula is C25H41BrN2O3S. The Hall–Kier alpha value is -0.630. The standard InChI is InChI=1S/C25H41BrN2O3S/c1-4-32(29,30)27-23-7-5-20(6-8-23)11-14-28-15-12-21(13-16-28)17-22-18-24(31-19(2)3)9-10-25(22)26/h9-10,18-21,23,27H,4-8,11-17H2,1-3H3. The summed E-state index contributed by atoms with van der Waals surface area (Å²) < 4.78 is 33.5. The molecule has 0 aromatic heterocycles. The number of sulfonamides is 1. The molecule has 7 heteroatoms. The van der Waals surface area contributed by atoms with E-state index in [9.17, 15) is 8.42 Å². The van der Waals surface area contributed by atoms with Crippen molar-refractivity contribution in [3.05, 3.63) is 28.2 Å². The van der Waals surface area contributed by atoms with Crippen molar-refractivity contribution in [3.63, 3.8) is 0 Å². The molecule has 3 rings (SSSR count). The van der Waals surface area contributed by atoms with E-state index in [1.807, 2.05) is 6.07 Å². The second kappa shape index (κ2) is 12.2. The molecule has 1 aromatic rings. The second-order valence-corrected chi connectivity index (χ2v) is 12.8. The molecule has 32 heavy (non-hydrogen) atoms. The summed E-state index contributed by atoms with van der Waals surface area (Å²) in [5, 5.41) is 0. The fraction of sp³-hybridized carbons (Fsp3) is 0.760. The van der Waals surface area contributed by atoms with Crippen LogP contribution in [0.4, 0.5) is 0 Å². The van der Waals surface area contributed by atoms with Gasteiger partial charge in [0.1, 0.15) is 5.75 Å². The molecular weight excluding hydrogens is 488 g/mol. The molecule has 182 valence electrons. The molecule has 0 radical (unpaired) electrons. The van der Waals surface area contributed by atoms with Gasteiger partial charge in [-0.25, -0.2) is 13.1 Å². The van der Waals surface area contributed by atoms with Crippen LogP contribution in [0.2, 0.25) is 0 Å². The molecule has 0 unspecified atom stereocenters. The monoisotopic (exact) mass is 528 g/mol. The zero-order valence-corrected chi connectivity index (χ0v) is 22.4. The van der Waals surface area contributed by atoms with Gasteiger partial charge in [0.15, 0.2) is 0 Å². The summed E-state index contributed by atoms with van der Waals surface area (Å²) in [6.45, 7) is 9.40. The highest BCUT2D eigenvalue weighted by molar-refractivity contribution is 9.10. The van der Waals surface area contributed by atoms with Gasteiger partial charge in [0.05, 0.1) is 11.9 Å². The summed E-state index contributed by atoms with van der Waals surface area (Å²) in [6.07, 6.45) is 9.34. The van der Waals surface area contributed by atoms with Crippen LogP contribution in [-0.2, 0) is 16.4 Å². The van der Waals surface area contributed by atoms with Crippen molar-refractivity contribution in [1.82, 2.24) is 9.62 Å². The van der Waals surface area contributed by atoms with Crippen molar-refractivity contribution >= 4 is 26.0 Å². The second-order valence-electron chi connectivity index (χ2n) is 9.94. The van der Waals surface area contributed by atoms with Crippen LogP contribution < -0.4 is 9.46 Å². The molecule has 1 N–H and O–H groups in total. The number of nitrogens with one attached hydrogen (secondary N) is 1. The van der Waals surface area contributed by atoms with Gasteiger partial charge in [0, 0.05) is 10.5 Å². The van der Waals surface area contributed by atoms with E-state index in [4.69, 9.17) is 4.74 Å². The third-order valence-electron chi connectivity index (χ3n) is 7.03. The van der Waals surface area contributed by atoms with Crippen LogP contribution in [0.3, 0.4) is 0 Å². The lowest BCUT2D eigenvalue weighted by molar-refractivity contribution is 0.164. The molecule has 1 aromatic carbocycles. The van der Waals surface area contributed by atoms with E-state index in [1.165, 1.54) is 48.9 Å². The lowest BCUT2D eigenvalue weighted by Gasteiger charge is -2.34. The lowest BCUT2D eigenvalue weighted by atomic mass is 9.84. The third kappa shape index (κ3) is 8.30. The number of piperidine rings is 1. The van der Waals surface area contributed by atoms with Crippen LogP contribution in [0.25, 0.3) is 0 Å². The van der Waals surface area contributed by atoms with Gasteiger partial charge in [-0.3, -0.25) is 0 Å². The Bertz CT molecular complexity index is 814. The molecule has 1 aliphatic carbocycles. The highest BCUT2D eigenvalue weighted by atomic mass is 79.9. The number of likely N-dealkylation sites (tertiary alicyclic amines) is 1. The number of hydrogen-bond donors (Lipinski definition) is 1. The van der Waals surface area contributed by atoms with Crippen LogP contribution in [0.15, 0.2) is 22.7 Å². The van der Waals surface area contributed by atoms with Crippen LogP contribution in [0, 0.1) is 11.8 Å². The number of nitrogens with zero attached hydrogens (tertiary/aromatic N) is 1. The Kier molecular flexibility index (Phi) is 9.89. The van der Waals surface area contributed by atoms with E-state index in [1.54, 1.807) is 6.92 Å². The number of hydrogen-bond acceptors (Lipinski definition) is 4. The normalized spacial score (nSPS) is 23.5. The van der Waals surface area contributed by atoms with Crippen molar-refractivity contribution in [2.75, 3.05) is 25.4 Å². The van der Waals surface area contributed by atoms with Gasteiger partial charge in [-0.2, -0.15) is 0 Å². The number of halogens is 1. The van der Waals surface area contributed by atoms with E-state index in [0.717, 1.165) is 49.7 Å². The van der Waals surface area contributed by atoms with Crippen molar-refractivity contribution in [3.8, 4) is 5.75 Å². The lowest BCUT2D eigenvalue weighted by Crippen LogP contribution is -2.39. The van der Waals surface area contributed by atoms with E-state index in [2.05, 4.69) is 51.5 Å². The summed E-state index contributed by atoms with van der Waals surface area (Å²) >= 11 is 3.72. The molecule has 5 nitrogen and oxygen atoms in total. The maximum Gasteiger partial charge on any atom is 0.211 e. The van der Waals surface area contributed by atoms with Crippen molar-refractivity contribution in [2.45, 2.75) is 84.3 Å². The minimum Gasteiger partial charge on any atom is -0.491 e. The first-order valence-corrected chi connectivity index (χ1v) is 14.9. The largest absolute Gasteiger partial charge is 0.491 e. The Morgan fingerprint density at radius 2 is 1.78 bits per heavy atom. The third-order valence-corrected chi connectivity index (χ3v) is 9.26. The summed E-state index contributed by atoms with van der Waals surface area (Å²) in [5.74, 6) is 2.62. The quantitative estimate of drug-likeness (QED) is 0.442. The molecule has 1 saturated carbocycles. The first-order valence-electron chi connectivity index (χ1n) is 12.4. The maximum atomic E-state index is 11.8. The Labute approximate surface area is 203 Å². The van der Waals surface area contributed by atoms with Gasteiger partial charge < -0.3 is 9.64 Å². The van der Waals surface area contributed by atoms with Crippen LogP contribution in [0.1, 0.15) is 71.3 Å². The van der Waals surface area contributed by atoms with E-state index in [-0.39, 0.29) is 17.9 Å². The average Bonchev–Trinajstić information content (AvgIpc) is 2.76. The minimum absolute atomic E-state index is 0.149. The molecule has 0 bridgehead atoms. The van der Waals surface area contributed by atoms with Gasteiger partial charge in [-0.1, -0.05) is 15.9 Å². The number of rotatable bonds is 10. The highest BCUT2D eigenvalue weighted by Crippen LogP contribution is 2.31. The maximum absolute atomic E-state index is 11.8. The molecule has 0 atom stereocenters. The van der Waals surface area contributed by atoms with E-state index in [0.29, 0.717) is 0 Å². The molecule has 2 aliphatic rings. The zero-order chi connectivity index (χ0) is 23.1. The first kappa shape index (κ1) is 26.0. The van der Waals surface area contributed by atoms with E-state index < -0.39 is 10.0 Å². The fourth-order valence-corrected chi connectivity index (χ4v) is 6.37. The molecule has 0 spiro atoms. The molecule has 1 saturated heterocycles. The van der Waals surface area contributed by atoms with Crippen LogP contribution >= 0.6 is 15.9 Å². The van der Waals surface area contributed by atoms with Gasteiger partial charge in [0.25, 0.3) is 0 Å². The smallest absolute Gasteiger partial charge is 0.211 e. The minimum atomic E-state index is -3.07. The van der Waals surface area contributed by atoms with Gasteiger partial charge in [-0.05, 0) is 127 Å². The topological polar surface area (TPSA) is 58.6 Å². The Morgan fingerprint density at radius 3 is 2.41 bits per heavy atom. The van der Waals surface area contributed by atoms with Crippen LogP contribution in [0.5, 0.6) is 5.75 Å². The summed E-state index contributed by atoms with van der Waals surface area (Å²) in [6, 6.07) is 6.51. The molecule has 0 amide bonds. The molecule has 1 aliphatic heterocycles. The Balaban J connectivity index is 1.36. The van der Waals surface area contributed by atoms with Crippen molar-refractivity contribution in [1.29, 1.82) is 0 Å². The van der Waals surface area contributed by atoms with Crippen molar-refractivity contribution in [2.24, 2.45) is 11.8 Å². The SMILES string of the molecule is CCS(=O)(=O)NC1CCC(CCN2CCC(Cc3cc(OC(C)C)ccc3Br)CC2)CC1. The Morgan fingerprint density at radius 1 is 1.09 bits per heavy atom. The van der Waals surface area contributed by atoms with Gasteiger partial charge >= 0.3 is 0 Å². The van der Waals surface area contributed by atoms with E-state index >= 15 is 0 Å². The fourth-order valence-electron chi connectivity index (χ4n) is 5.05. The van der Waals surface area contributed by atoms with Crippen molar-refractivity contribution < 1.29 is 13.2 Å². The van der Waals surface area contributed by atoms with Crippen LogP contribution in [-0.4, -0.2) is 50.9 Å².